The number of rotatable bonds is 6. The van der Waals surface area contributed by atoms with E-state index in [0.717, 1.165) is 5.56 Å². The molecule has 0 bridgehead atoms. The molecule has 3 rings (SSSR count). The number of halogens is 1. The number of hydrogen-bond donors (Lipinski definition) is 1. The van der Waals surface area contributed by atoms with Gasteiger partial charge in [-0.15, -0.1) is 0 Å². The molecule has 8 heteroatoms. The number of amides is 2. The topological polar surface area (TPSA) is 84.9 Å². The van der Waals surface area contributed by atoms with Crippen molar-refractivity contribution in [3.05, 3.63) is 35.9 Å². The predicted molar refractivity (Wildman–Crippen MR) is 98.1 cm³/mol. The Hall–Kier alpha value is -2.48. The van der Waals surface area contributed by atoms with Gasteiger partial charge in [-0.05, 0) is 17.9 Å². The molecule has 0 aliphatic carbocycles. The Labute approximate surface area is 163 Å². The summed E-state index contributed by atoms with van der Waals surface area (Å²) in [4.78, 5) is 38.5. The molecule has 1 aromatic carbocycles. The Morgan fingerprint density at radius 2 is 2.04 bits per heavy atom. The van der Waals surface area contributed by atoms with Crippen molar-refractivity contribution in [2.45, 2.75) is 51.2 Å². The highest BCUT2D eigenvalue weighted by Crippen LogP contribution is 2.30. The van der Waals surface area contributed by atoms with Crippen molar-refractivity contribution in [3.8, 4) is 0 Å². The molecule has 2 aliphatic heterocycles. The summed E-state index contributed by atoms with van der Waals surface area (Å²) in [5.41, 5.74) is 0.820. The zero-order valence-electron chi connectivity index (χ0n) is 16.0. The molecule has 0 saturated carbocycles. The van der Waals surface area contributed by atoms with E-state index >= 15 is 0 Å². The van der Waals surface area contributed by atoms with Gasteiger partial charge >= 0.3 is 6.09 Å². The van der Waals surface area contributed by atoms with Crippen LogP contribution in [-0.2, 0) is 25.7 Å². The number of fused-ring (bicyclic) bond motifs is 1. The largest absolute Gasteiger partial charge is 0.445 e. The molecular formula is C20H25FN2O5. The normalized spacial score (nSPS) is 24.9. The molecule has 2 saturated heterocycles. The zero-order valence-corrected chi connectivity index (χ0v) is 16.0. The number of hydrogen-bond acceptors (Lipinski definition) is 5. The second-order valence-electron chi connectivity index (χ2n) is 7.58. The summed E-state index contributed by atoms with van der Waals surface area (Å²) in [6.07, 6.45) is -2.71. The van der Waals surface area contributed by atoms with E-state index in [0.29, 0.717) is 6.42 Å². The van der Waals surface area contributed by atoms with Crippen LogP contribution in [0.3, 0.4) is 0 Å². The number of alkyl carbamates (subject to hydrolysis) is 1. The summed E-state index contributed by atoms with van der Waals surface area (Å²) in [5, 5.41) is 2.58. The average molecular weight is 392 g/mol. The number of Topliss-reactive ketones (excluding diaryl/α,β-unsaturated/α-hetero) is 1. The van der Waals surface area contributed by atoms with Gasteiger partial charge in [-0.1, -0.05) is 44.2 Å². The maximum atomic E-state index is 14.2. The lowest BCUT2D eigenvalue weighted by molar-refractivity contribution is -0.138. The third-order valence-corrected chi connectivity index (χ3v) is 4.92. The average Bonchev–Trinajstić information content (AvgIpc) is 3.20. The maximum absolute atomic E-state index is 14.2. The van der Waals surface area contributed by atoms with Crippen molar-refractivity contribution in [1.82, 2.24) is 10.2 Å². The van der Waals surface area contributed by atoms with Crippen LogP contribution in [-0.4, -0.2) is 60.2 Å². The standard InChI is InChI=1S/C20H25FN2O5/c1-12(2)8-15(22-20(26)28-10-13-6-4-3-5-7-13)19(25)23-9-14(21)18-17(23)16(24)11-27-18/h3-7,12,14-15,17-18H,8-11H2,1-2H3,(H,22,26)/t14-,15-,17+,18+/m0/s1. The van der Waals surface area contributed by atoms with Gasteiger partial charge in [-0.3, -0.25) is 9.59 Å². The number of alkyl halides is 1. The van der Waals surface area contributed by atoms with Crippen LogP contribution in [0.15, 0.2) is 30.3 Å². The Kier molecular flexibility index (Phi) is 6.28. The number of likely N-dealkylation sites (tertiary alicyclic amines) is 1. The molecule has 1 N–H and O–H groups in total. The lowest BCUT2D eigenvalue weighted by Crippen LogP contribution is -2.52. The number of nitrogens with zero attached hydrogens (tertiary/aromatic N) is 1. The van der Waals surface area contributed by atoms with Gasteiger partial charge in [0.1, 0.15) is 37.6 Å². The molecule has 2 amide bonds. The highest BCUT2D eigenvalue weighted by Gasteiger charge is 2.53. The van der Waals surface area contributed by atoms with Crippen molar-refractivity contribution in [2.24, 2.45) is 5.92 Å². The fourth-order valence-electron chi connectivity index (χ4n) is 3.62. The molecule has 2 fully saturated rings. The number of carbonyl (C=O) groups is 3. The minimum absolute atomic E-state index is 0.0720. The molecule has 0 unspecified atom stereocenters. The maximum Gasteiger partial charge on any atom is 0.408 e. The third kappa shape index (κ3) is 4.49. The fraction of sp³-hybridized carbons (Fsp3) is 0.550. The Morgan fingerprint density at radius 1 is 1.32 bits per heavy atom. The van der Waals surface area contributed by atoms with Crippen LogP contribution >= 0.6 is 0 Å². The van der Waals surface area contributed by atoms with Crippen molar-refractivity contribution in [2.75, 3.05) is 13.2 Å². The highest BCUT2D eigenvalue weighted by atomic mass is 19.1. The second-order valence-corrected chi connectivity index (χ2v) is 7.58. The predicted octanol–water partition coefficient (Wildman–Crippen LogP) is 1.84. The van der Waals surface area contributed by atoms with E-state index in [1.807, 2.05) is 44.2 Å². The lowest BCUT2D eigenvalue weighted by atomic mass is 10.0. The smallest absolute Gasteiger partial charge is 0.408 e. The minimum atomic E-state index is -1.41. The van der Waals surface area contributed by atoms with Crippen molar-refractivity contribution in [3.63, 3.8) is 0 Å². The van der Waals surface area contributed by atoms with Gasteiger partial charge in [-0.2, -0.15) is 0 Å². The van der Waals surface area contributed by atoms with Crippen LogP contribution in [0, 0.1) is 5.92 Å². The summed E-state index contributed by atoms with van der Waals surface area (Å²) in [6.45, 7) is 3.48. The van der Waals surface area contributed by atoms with Gasteiger partial charge in [0.25, 0.3) is 0 Å². The molecule has 4 atom stereocenters. The molecule has 2 aliphatic rings. The SMILES string of the molecule is CC(C)C[C@H](NC(=O)OCc1ccccc1)C(=O)N1C[C@H](F)[C@H]2OCC(=O)[C@H]21. The van der Waals surface area contributed by atoms with Gasteiger partial charge in [0, 0.05) is 0 Å². The number of ketones is 1. The Balaban J connectivity index is 1.65. The molecule has 28 heavy (non-hydrogen) atoms. The first-order valence-electron chi connectivity index (χ1n) is 9.43. The van der Waals surface area contributed by atoms with Crippen LogP contribution in [0.1, 0.15) is 25.8 Å². The first kappa shape index (κ1) is 20.3. The molecule has 0 spiro atoms. The molecule has 152 valence electrons. The van der Waals surface area contributed by atoms with Crippen molar-refractivity contribution in [1.29, 1.82) is 0 Å². The molecule has 1 aromatic rings. The lowest BCUT2D eigenvalue weighted by Gasteiger charge is -2.28. The van der Waals surface area contributed by atoms with Crippen LogP contribution in [0.4, 0.5) is 9.18 Å². The monoisotopic (exact) mass is 392 g/mol. The van der Waals surface area contributed by atoms with Gasteiger partial charge in [-0.25, -0.2) is 9.18 Å². The number of carbonyl (C=O) groups excluding carboxylic acids is 3. The van der Waals surface area contributed by atoms with Crippen LogP contribution in [0.25, 0.3) is 0 Å². The van der Waals surface area contributed by atoms with Crippen LogP contribution in [0.5, 0.6) is 0 Å². The summed E-state index contributed by atoms with van der Waals surface area (Å²) >= 11 is 0. The highest BCUT2D eigenvalue weighted by molar-refractivity contribution is 5.95. The van der Waals surface area contributed by atoms with E-state index in [-0.39, 0.29) is 31.5 Å². The van der Waals surface area contributed by atoms with E-state index < -0.39 is 36.4 Å². The van der Waals surface area contributed by atoms with Crippen LogP contribution < -0.4 is 5.32 Å². The van der Waals surface area contributed by atoms with Gasteiger partial charge < -0.3 is 19.7 Å². The van der Waals surface area contributed by atoms with Crippen molar-refractivity contribution < 1.29 is 28.2 Å². The number of ether oxygens (including phenoxy) is 2. The Bertz CT molecular complexity index is 727. The summed E-state index contributed by atoms with van der Waals surface area (Å²) in [6, 6.07) is 7.35. The van der Waals surface area contributed by atoms with E-state index in [1.165, 1.54) is 4.90 Å². The Morgan fingerprint density at radius 3 is 2.71 bits per heavy atom. The summed E-state index contributed by atoms with van der Waals surface area (Å²) in [7, 11) is 0. The van der Waals surface area contributed by atoms with Gasteiger partial charge in [0.2, 0.25) is 5.91 Å². The second kappa shape index (κ2) is 8.68. The quantitative estimate of drug-likeness (QED) is 0.799. The van der Waals surface area contributed by atoms with E-state index in [1.54, 1.807) is 0 Å². The zero-order chi connectivity index (χ0) is 20.3. The summed E-state index contributed by atoms with van der Waals surface area (Å²) < 4.78 is 24.6. The first-order valence-corrected chi connectivity index (χ1v) is 9.43. The molecule has 7 nitrogen and oxygen atoms in total. The fourth-order valence-corrected chi connectivity index (χ4v) is 3.62. The van der Waals surface area contributed by atoms with Gasteiger partial charge in [0.15, 0.2) is 5.78 Å². The number of nitrogens with one attached hydrogen (secondary N) is 1. The molecule has 0 radical (unpaired) electrons. The molecular weight excluding hydrogens is 367 g/mol. The van der Waals surface area contributed by atoms with Crippen molar-refractivity contribution >= 4 is 17.8 Å². The van der Waals surface area contributed by atoms with E-state index in [2.05, 4.69) is 5.32 Å². The molecule has 0 aromatic heterocycles. The minimum Gasteiger partial charge on any atom is -0.445 e. The van der Waals surface area contributed by atoms with Gasteiger partial charge in [0.05, 0.1) is 6.54 Å². The molecule has 2 heterocycles. The van der Waals surface area contributed by atoms with E-state index in [4.69, 9.17) is 9.47 Å². The first-order chi connectivity index (χ1) is 13.4. The van der Waals surface area contributed by atoms with E-state index in [9.17, 15) is 18.8 Å². The number of benzene rings is 1. The third-order valence-electron chi connectivity index (χ3n) is 4.92. The summed E-state index contributed by atoms with van der Waals surface area (Å²) in [5.74, 6) is -0.703. The van der Waals surface area contributed by atoms with Crippen LogP contribution in [0.2, 0.25) is 0 Å².